The Balaban J connectivity index is -0.000000150. The summed E-state index contributed by atoms with van der Waals surface area (Å²) in [6.45, 7) is 2.63. The highest BCUT2D eigenvalue weighted by Crippen LogP contribution is 2.15. The van der Waals surface area contributed by atoms with E-state index in [1.807, 2.05) is 0 Å². The van der Waals surface area contributed by atoms with Crippen molar-refractivity contribution >= 4 is 40.0 Å². The molecule has 0 heterocycles. The van der Waals surface area contributed by atoms with Crippen molar-refractivity contribution in [3.05, 3.63) is 0 Å². The fourth-order valence-electron chi connectivity index (χ4n) is 2.79. The Morgan fingerprint density at radius 3 is 1.23 bits per heavy atom. The molecule has 17 nitrogen and oxygen atoms in total. The van der Waals surface area contributed by atoms with Gasteiger partial charge in [-0.05, 0) is 6.42 Å². The van der Waals surface area contributed by atoms with Crippen LogP contribution in [0.15, 0.2) is 0 Å². The third-order valence-corrected chi connectivity index (χ3v) is 5.88. The molecular weight excluding hydrogens is 564 g/mol. The number of aliphatic hydroxyl groups excluding tert-OH is 1. The highest BCUT2D eigenvalue weighted by atomic mass is 32.2. The van der Waals surface area contributed by atoms with Gasteiger partial charge in [-0.25, -0.2) is 4.79 Å². The van der Waals surface area contributed by atoms with Gasteiger partial charge in [-0.3, -0.25) is 23.7 Å². The Morgan fingerprint density at radius 2 is 1.02 bits per heavy atom. The summed E-state index contributed by atoms with van der Waals surface area (Å²) in [5.74, 6) is -8.52. The second-order valence-electron chi connectivity index (χ2n) is 8.32. The van der Waals surface area contributed by atoms with Gasteiger partial charge in [0.15, 0.2) is 10.9 Å². The minimum Gasteiger partial charge on any atom is -0.481 e. The van der Waals surface area contributed by atoms with Crippen LogP contribution in [0.3, 0.4) is 0 Å². The maximum absolute atomic E-state index is 10.3. The Bertz CT molecular complexity index is 808. The van der Waals surface area contributed by atoms with Crippen LogP contribution in [0.1, 0.15) is 90.4 Å². The minimum absolute atomic E-state index is 0. The molecule has 0 aliphatic rings. The summed E-state index contributed by atoms with van der Waals surface area (Å²) >= 11 is 0. The molecule has 0 aliphatic carbocycles. The molecular formula is C22H46N2O15S. The van der Waals surface area contributed by atoms with E-state index in [0.717, 1.165) is 6.42 Å². The molecule has 0 aromatic carbocycles. The second kappa shape index (κ2) is 26.3. The Morgan fingerprint density at radius 1 is 0.675 bits per heavy atom. The predicted octanol–water partition coefficient (Wildman–Crippen LogP) is 1.78. The van der Waals surface area contributed by atoms with Crippen molar-refractivity contribution in [2.45, 2.75) is 101 Å². The van der Waals surface area contributed by atoms with Crippen molar-refractivity contribution in [1.82, 2.24) is 12.3 Å². The normalized spacial score (nSPS) is 11.1. The van der Waals surface area contributed by atoms with E-state index >= 15 is 0 Å². The van der Waals surface area contributed by atoms with Crippen molar-refractivity contribution < 1.29 is 72.7 Å². The van der Waals surface area contributed by atoms with E-state index < -0.39 is 70.1 Å². The number of aliphatic carboxylic acids is 5. The zero-order valence-corrected chi connectivity index (χ0v) is 23.6. The van der Waals surface area contributed by atoms with Gasteiger partial charge in [-0.1, -0.05) is 64.7 Å². The molecule has 1 unspecified atom stereocenters. The Kier molecular flexibility index (Phi) is 30.9. The van der Waals surface area contributed by atoms with Crippen molar-refractivity contribution in [2.24, 2.45) is 0 Å². The van der Waals surface area contributed by atoms with Crippen LogP contribution in [-0.4, -0.2) is 96.0 Å². The zero-order chi connectivity index (χ0) is 30.4. The van der Waals surface area contributed by atoms with E-state index in [1.165, 1.54) is 57.8 Å². The van der Waals surface area contributed by atoms with Crippen LogP contribution >= 0.6 is 0 Å². The summed E-state index contributed by atoms with van der Waals surface area (Å²) in [6.07, 6.45) is 9.86. The standard InChI is InChI=1S/C12H26O.C6H8O7.C4H6O7S.2H3N/c1-2-3-4-5-6-7-8-9-10-11-12-13;7-3(8)1-6(13,5(11)12)2-4(9)10;5-3(6)1-2(4(7)8)12(9,10)11;;/h13H,2-12H2,1H3;13H,1-2H2,(H,7,8)(H,9,10)(H,11,12);2H,1H2,(H,5,6)(H,7,8)(H,9,10,11);2*1H3. The number of carboxylic acids is 5. The molecule has 1 atom stereocenters. The van der Waals surface area contributed by atoms with Gasteiger partial charge in [0.25, 0.3) is 10.1 Å². The largest absolute Gasteiger partial charge is 0.481 e. The van der Waals surface area contributed by atoms with Gasteiger partial charge in [-0.15, -0.1) is 0 Å². The summed E-state index contributed by atoms with van der Waals surface area (Å²) in [5.41, 5.74) is -2.74. The first kappa shape index (κ1) is 46.9. The lowest BCUT2D eigenvalue weighted by atomic mass is 9.96. The third-order valence-electron chi connectivity index (χ3n) is 4.79. The van der Waals surface area contributed by atoms with Crippen LogP contribution in [0.4, 0.5) is 0 Å². The molecule has 40 heavy (non-hydrogen) atoms. The Labute approximate surface area is 233 Å². The monoisotopic (exact) mass is 610 g/mol. The first-order valence-electron chi connectivity index (χ1n) is 11.9. The fraction of sp³-hybridized carbons (Fsp3) is 0.773. The molecule has 18 heteroatoms. The number of rotatable bonds is 19. The number of carbonyl (C=O) groups is 5. The van der Waals surface area contributed by atoms with Gasteiger partial charge in [0.05, 0.1) is 19.3 Å². The van der Waals surface area contributed by atoms with E-state index in [-0.39, 0.29) is 12.3 Å². The molecule has 0 saturated carbocycles. The molecule has 0 bridgehead atoms. The average Bonchev–Trinajstić information content (AvgIpc) is 2.75. The van der Waals surface area contributed by atoms with Gasteiger partial charge in [0, 0.05) is 6.61 Å². The fourth-order valence-corrected chi connectivity index (χ4v) is 3.40. The molecule has 0 rings (SSSR count). The van der Waals surface area contributed by atoms with Crippen LogP contribution < -0.4 is 12.3 Å². The molecule has 0 spiro atoms. The molecule has 0 aromatic heterocycles. The quantitative estimate of drug-likeness (QED) is 0.0735. The first-order chi connectivity index (χ1) is 17.4. The Hall–Kier alpha value is -2.90. The summed E-state index contributed by atoms with van der Waals surface area (Å²) < 4.78 is 28.7. The maximum atomic E-state index is 10.3. The van der Waals surface area contributed by atoms with Gasteiger partial charge in [-0.2, -0.15) is 8.42 Å². The highest BCUT2D eigenvalue weighted by Gasteiger charge is 2.40. The smallest absolute Gasteiger partial charge is 0.336 e. The zero-order valence-electron chi connectivity index (χ0n) is 22.7. The third kappa shape index (κ3) is 29.7. The van der Waals surface area contributed by atoms with Gasteiger partial charge in [0.1, 0.15) is 0 Å². The predicted molar refractivity (Wildman–Crippen MR) is 141 cm³/mol. The van der Waals surface area contributed by atoms with Crippen LogP contribution in [0.5, 0.6) is 0 Å². The molecule has 0 aliphatic heterocycles. The van der Waals surface area contributed by atoms with Crippen molar-refractivity contribution in [2.75, 3.05) is 6.61 Å². The van der Waals surface area contributed by atoms with E-state index in [4.69, 9.17) is 40.3 Å². The van der Waals surface area contributed by atoms with E-state index in [1.54, 1.807) is 0 Å². The lowest BCUT2D eigenvalue weighted by molar-refractivity contribution is -0.170. The molecule has 0 fully saturated rings. The van der Waals surface area contributed by atoms with Gasteiger partial charge in [0.2, 0.25) is 0 Å². The summed E-state index contributed by atoms with van der Waals surface area (Å²) in [6, 6.07) is 0. The molecule has 0 saturated heterocycles. The van der Waals surface area contributed by atoms with Crippen LogP contribution in [0.25, 0.3) is 0 Å². The molecule has 0 radical (unpaired) electrons. The van der Waals surface area contributed by atoms with E-state index in [0.29, 0.717) is 6.61 Å². The van der Waals surface area contributed by atoms with Crippen molar-refractivity contribution in [1.29, 1.82) is 0 Å². The number of aliphatic hydroxyl groups is 2. The number of hydrogen-bond acceptors (Lipinski definition) is 11. The minimum atomic E-state index is -4.84. The van der Waals surface area contributed by atoms with Crippen LogP contribution in [0, 0.1) is 0 Å². The lowest BCUT2D eigenvalue weighted by Gasteiger charge is -2.18. The highest BCUT2D eigenvalue weighted by molar-refractivity contribution is 7.87. The maximum Gasteiger partial charge on any atom is 0.336 e. The molecule has 0 aromatic rings. The second-order valence-corrected chi connectivity index (χ2v) is 9.92. The lowest BCUT2D eigenvalue weighted by Crippen LogP contribution is -2.42. The number of hydrogen-bond donors (Lipinski definition) is 10. The van der Waals surface area contributed by atoms with E-state index in [9.17, 15) is 32.4 Å². The van der Waals surface area contributed by atoms with E-state index in [2.05, 4.69) is 6.92 Å². The molecule has 240 valence electrons. The number of unbranched alkanes of at least 4 members (excludes halogenated alkanes) is 9. The van der Waals surface area contributed by atoms with Crippen molar-refractivity contribution in [3.8, 4) is 0 Å². The summed E-state index contributed by atoms with van der Waals surface area (Å²) in [7, 11) is -4.84. The number of carboxylic acid groups (broad SMARTS) is 5. The van der Waals surface area contributed by atoms with Crippen LogP contribution in [0.2, 0.25) is 0 Å². The summed E-state index contributed by atoms with van der Waals surface area (Å²) in [4.78, 5) is 50.5. The molecule has 14 N–H and O–H groups in total. The molecule has 0 amide bonds. The SMILES string of the molecule is CCCCCCCCCCCCO.N.N.O=C(O)CC(C(=O)O)S(=O)(=O)O.O=C(O)CC(O)(CC(=O)O)C(=O)O. The summed E-state index contributed by atoms with van der Waals surface area (Å²) in [5, 5.41) is 56.3. The first-order valence-corrected chi connectivity index (χ1v) is 13.4. The average molecular weight is 611 g/mol. The topological polar surface area (TPSA) is 351 Å². The van der Waals surface area contributed by atoms with Crippen LogP contribution in [-0.2, 0) is 34.1 Å². The van der Waals surface area contributed by atoms with Crippen molar-refractivity contribution in [3.63, 3.8) is 0 Å². The van der Waals surface area contributed by atoms with Gasteiger partial charge < -0.3 is 48.0 Å². The van der Waals surface area contributed by atoms with Gasteiger partial charge >= 0.3 is 29.8 Å².